The fourth-order valence-electron chi connectivity index (χ4n) is 3.16. The van der Waals surface area contributed by atoms with Crippen LogP contribution in [0.25, 0.3) is 0 Å². The summed E-state index contributed by atoms with van der Waals surface area (Å²) in [6.45, 7) is 1.14. The van der Waals surface area contributed by atoms with E-state index in [1.807, 2.05) is 24.3 Å². The summed E-state index contributed by atoms with van der Waals surface area (Å²) in [6.07, 6.45) is 3.71. The molecule has 1 aliphatic carbocycles. The molecule has 3 N–H and O–H groups in total. The molecule has 0 spiro atoms. The number of aliphatic hydroxyl groups excluding tert-OH is 1. The average molecular weight is 290 g/mol. The molecule has 0 radical (unpaired) electrons. The van der Waals surface area contributed by atoms with Crippen molar-refractivity contribution < 1.29 is 14.6 Å². The van der Waals surface area contributed by atoms with Gasteiger partial charge in [-0.3, -0.25) is 4.79 Å². The molecule has 5 heteroatoms. The normalized spacial score (nSPS) is 22.8. The quantitative estimate of drug-likeness (QED) is 0.786. The number of carbonyl (C=O) groups is 1. The minimum absolute atomic E-state index is 0.114. The van der Waals surface area contributed by atoms with Crippen LogP contribution in [0.4, 0.5) is 5.69 Å². The van der Waals surface area contributed by atoms with Crippen LogP contribution in [0, 0.1) is 5.41 Å². The molecule has 1 aromatic rings. The largest absolute Gasteiger partial charge is 0.477 e. The first-order valence-corrected chi connectivity index (χ1v) is 7.61. The van der Waals surface area contributed by atoms with Crippen molar-refractivity contribution in [1.29, 1.82) is 0 Å². The van der Waals surface area contributed by atoms with Crippen molar-refractivity contribution >= 4 is 11.6 Å². The molecule has 1 fully saturated rings. The number of hydrogen-bond acceptors (Lipinski definition) is 4. The van der Waals surface area contributed by atoms with Gasteiger partial charge in [0.15, 0.2) is 6.10 Å². The molecule has 2 aliphatic rings. The highest BCUT2D eigenvalue weighted by atomic mass is 16.5. The zero-order chi connectivity index (χ0) is 14.7. The lowest BCUT2D eigenvalue weighted by atomic mass is 9.87. The van der Waals surface area contributed by atoms with Gasteiger partial charge in [0.05, 0.1) is 18.8 Å². The predicted molar refractivity (Wildman–Crippen MR) is 80.3 cm³/mol. The van der Waals surface area contributed by atoms with E-state index in [2.05, 4.69) is 10.6 Å². The monoisotopic (exact) mass is 290 g/mol. The van der Waals surface area contributed by atoms with Gasteiger partial charge in [0.2, 0.25) is 0 Å². The van der Waals surface area contributed by atoms with E-state index in [1.165, 1.54) is 0 Å². The number of rotatable bonds is 4. The van der Waals surface area contributed by atoms with E-state index in [0.717, 1.165) is 31.4 Å². The molecule has 21 heavy (non-hydrogen) atoms. The Morgan fingerprint density at radius 1 is 1.38 bits per heavy atom. The third-order valence-corrected chi connectivity index (χ3v) is 4.56. The average Bonchev–Trinajstić information content (AvgIpc) is 3.01. The summed E-state index contributed by atoms with van der Waals surface area (Å²) >= 11 is 0. The van der Waals surface area contributed by atoms with Gasteiger partial charge in [-0.05, 0) is 25.0 Å². The number of fused-ring (bicyclic) bond motifs is 1. The molecule has 1 aliphatic heterocycles. The maximum Gasteiger partial charge on any atom is 0.262 e. The van der Waals surface area contributed by atoms with Crippen LogP contribution in [0.1, 0.15) is 25.7 Å². The Kier molecular flexibility index (Phi) is 4.01. The van der Waals surface area contributed by atoms with Gasteiger partial charge in [-0.15, -0.1) is 0 Å². The fraction of sp³-hybridized carbons (Fsp3) is 0.562. The van der Waals surface area contributed by atoms with Crippen molar-refractivity contribution in [3.63, 3.8) is 0 Å². The van der Waals surface area contributed by atoms with Gasteiger partial charge in [0, 0.05) is 12.0 Å². The summed E-state index contributed by atoms with van der Waals surface area (Å²) < 4.78 is 5.74. The number of benzene rings is 1. The molecule has 5 nitrogen and oxygen atoms in total. The van der Waals surface area contributed by atoms with Gasteiger partial charge in [0.1, 0.15) is 5.75 Å². The lowest BCUT2D eigenvalue weighted by Gasteiger charge is -2.30. The summed E-state index contributed by atoms with van der Waals surface area (Å²) in [5, 5.41) is 15.7. The molecule has 0 bridgehead atoms. The summed E-state index contributed by atoms with van der Waals surface area (Å²) in [7, 11) is 0. The highest BCUT2D eigenvalue weighted by molar-refractivity contribution is 5.83. The number of nitrogens with one attached hydrogen (secondary N) is 2. The maximum absolute atomic E-state index is 12.3. The molecule has 1 unspecified atom stereocenters. The van der Waals surface area contributed by atoms with E-state index in [4.69, 9.17) is 4.74 Å². The van der Waals surface area contributed by atoms with Gasteiger partial charge in [-0.2, -0.15) is 0 Å². The predicted octanol–water partition coefficient (Wildman–Crippen LogP) is 1.53. The van der Waals surface area contributed by atoms with Crippen LogP contribution in [0.5, 0.6) is 5.75 Å². The smallest absolute Gasteiger partial charge is 0.262 e. The van der Waals surface area contributed by atoms with Crippen LogP contribution in [0.2, 0.25) is 0 Å². The molecule has 1 aromatic carbocycles. The van der Waals surface area contributed by atoms with Crippen LogP contribution >= 0.6 is 0 Å². The number of anilines is 1. The second-order valence-corrected chi connectivity index (χ2v) is 6.07. The minimum atomic E-state index is -0.517. The van der Waals surface area contributed by atoms with Crippen LogP contribution in [-0.2, 0) is 4.79 Å². The molecule has 1 atom stereocenters. The first kappa shape index (κ1) is 14.2. The number of aliphatic hydroxyl groups is 1. The highest BCUT2D eigenvalue weighted by Gasteiger charge is 2.35. The van der Waals surface area contributed by atoms with Crippen molar-refractivity contribution in [1.82, 2.24) is 5.32 Å². The lowest BCUT2D eigenvalue weighted by molar-refractivity contribution is -0.128. The molecule has 1 heterocycles. The van der Waals surface area contributed by atoms with Crippen LogP contribution < -0.4 is 15.4 Å². The van der Waals surface area contributed by atoms with Crippen molar-refractivity contribution in [3.05, 3.63) is 24.3 Å². The zero-order valence-corrected chi connectivity index (χ0v) is 12.1. The fourth-order valence-corrected chi connectivity index (χ4v) is 3.16. The van der Waals surface area contributed by atoms with Crippen LogP contribution in [0.15, 0.2) is 24.3 Å². The summed E-state index contributed by atoms with van der Waals surface area (Å²) in [6, 6.07) is 7.61. The van der Waals surface area contributed by atoms with Crippen molar-refractivity contribution in [2.75, 3.05) is 25.0 Å². The van der Waals surface area contributed by atoms with Crippen LogP contribution in [-0.4, -0.2) is 36.8 Å². The molecular weight excluding hydrogens is 268 g/mol. The van der Waals surface area contributed by atoms with Crippen molar-refractivity contribution in [2.45, 2.75) is 31.8 Å². The maximum atomic E-state index is 12.3. The number of amides is 1. The summed E-state index contributed by atoms with van der Waals surface area (Å²) in [4.78, 5) is 12.3. The molecule has 114 valence electrons. The van der Waals surface area contributed by atoms with Gasteiger partial charge in [-0.1, -0.05) is 25.0 Å². The SMILES string of the molecule is O=C(NCC1(CO)CCCC1)C1CNc2ccccc2O1. The second-order valence-electron chi connectivity index (χ2n) is 6.07. The standard InChI is InChI=1S/C16H22N2O3/c19-11-16(7-3-4-8-16)10-18-15(20)14-9-17-12-5-1-2-6-13(12)21-14/h1-2,5-6,14,17,19H,3-4,7-11H2,(H,18,20). The van der Waals surface area contributed by atoms with Gasteiger partial charge < -0.3 is 20.5 Å². The van der Waals surface area contributed by atoms with Gasteiger partial charge >= 0.3 is 0 Å². The topological polar surface area (TPSA) is 70.6 Å². The Hall–Kier alpha value is -1.75. The van der Waals surface area contributed by atoms with Gasteiger partial charge in [-0.25, -0.2) is 0 Å². The van der Waals surface area contributed by atoms with E-state index >= 15 is 0 Å². The molecule has 1 saturated carbocycles. The molecule has 1 amide bonds. The first-order chi connectivity index (χ1) is 10.2. The van der Waals surface area contributed by atoms with E-state index in [0.29, 0.717) is 18.8 Å². The third kappa shape index (κ3) is 2.97. The Morgan fingerprint density at radius 3 is 2.90 bits per heavy atom. The van der Waals surface area contributed by atoms with E-state index in [1.54, 1.807) is 0 Å². The van der Waals surface area contributed by atoms with Gasteiger partial charge in [0.25, 0.3) is 5.91 Å². The Balaban J connectivity index is 1.57. The Labute approximate surface area is 124 Å². The van der Waals surface area contributed by atoms with Crippen molar-refractivity contribution in [2.24, 2.45) is 5.41 Å². The van der Waals surface area contributed by atoms with E-state index < -0.39 is 6.10 Å². The third-order valence-electron chi connectivity index (χ3n) is 4.56. The summed E-state index contributed by atoms with van der Waals surface area (Å²) in [5.74, 6) is 0.596. The van der Waals surface area contributed by atoms with Crippen molar-refractivity contribution in [3.8, 4) is 5.75 Å². The van der Waals surface area contributed by atoms with E-state index in [9.17, 15) is 9.90 Å². The Bertz CT molecular complexity index is 512. The summed E-state index contributed by atoms with van der Waals surface area (Å²) in [5.41, 5.74) is 0.791. The Morgan fingerprint density at radius 2 is 2.14 bits per heavy atom. The van der Waals surface area contributed by atoms with E-state index in [-0.39, 0.29) is 17.9 Å². The number of carbonyl (C=O) groups excluding carboxylic acids is 1. The molecule has 3 rings (SSSR count). The molecule has 0 aromatic heterocycles. The lowest BCUT2D eigenvalue weighted by Crippen LogP contribution is -2.48. The number of para-hydroxylation sites is 2. The minimum Gasteiger partial charge on any atom is -0.477 e. The first-order valence-electron chi connectivity index (χ1n) is 7.61. The highest BCUT2D eigenvalue weighted by Crippen LogP contribution is 2.37. The second kappa shape index (κ2) is 5.93. The zero-order valence-electron chi connectivity index (χ0n) is 12.1. The number of hydrogen-bond donors (Lipinski definition) is 3. The molecule has 0 saturated heterocycles. The van der Waals surface area contributed by atoms with Crippen LogP contribution in [0.3, 0.4) is 0 Å². The molecular formula is C16H22N2O3. The number of ether oxygens (including phenoxy) is 1.